The highest BCUT2D eigenvalue weighted by Gasteiger charge is 2.28. The Bertz CT molecular complexity index is 428. The number of carbonyl (C=O) groups is 1. The van der Waals surface area contributed by atoms with Crippen molar-refractivity contribution >= 4 is 5.91 Å². The van der Waals surface area contributed by atoms with E-state index >= 15 is 0 Å². The average molecular weight is 249 g/mol. The van der Waals surface area contributed by atoms with Crippen LogP contribution in [0, 0.1) is 0 Å². The summed E-state index contributed by atoms with van der Waals surface area (Å²) in [6, 6.07) is 3.03. The zero-order valence-corrected chi connectivity index (χ0v) is 10.4. The van der Waals surface area contributed by atoms with Gasteiger partial charge in [-0.1, -0.05) is 19.3 Å². The van der Waals surface area contributed by atoms with Crippen LogP contribution in [0.5, 0.6) is 5.75 Å². The topological polar surface area (TPSA) is 88.2 Å². The maximum Gasteiger partial charge on any atom is 0.273 e. The van der Waals surface area contributed by atoms with Gasteiger partial charge in [0, 0.05) is 18.3 Å². The van der Waals surface area contributed by atoms with Crippen LogP contribution in [-0.2, 0) is 0 Å². The van der Waals surface area contributed by atoms with E-state index in [4.69, 9.17) is 5.73 Å². The quantitative estimate of drug-likeness (QED) is 0.750. The van der Waals surface area contributed by atoms with Gasteiger partial charge >= 0.3 is 0 Å². The molecule has 1 aliphatic carbocycles. The second-order valence-corrected chi connectivity index (χ2v) is 4.98. The number of nitrogens with one attached hydrogen (secondary N) is 1. The maximum absolute atomic E-state index is 11.9. The van der Waals surface area contributed by atoms with Crippen LogP contribution in [0.25, 0.3) is 0 Å². The molecule has 5 heteroatoms. The second kappa shape index (κ2) is 5.35. The summed E-state index contributed by atoms with van der Waals surface area (Å²) in [6.07, 6.45) is 6.78. The number of hydrogen-bond donors (Lipinski definition) is 3. The Labute approximate surface area is 106 Å². The van der Waals surface area contributed by atoms with Crippen molar-refractivity contribution in [2.24, 2.45) is 5.73 Å². The van der Waals surface area contributed by atoms with Crippen LogP contribution in [-0.4, -0.2) is 28.1 Å². The number of hydrogen-bond acceptors (Lipinski definition) is 4. The van der Waals surface area contributed by atoms with Gasteiger partial charge in [0.15, 0.2) is 5.69 Å². The molecular formula is C13H19N3O2. The van der Waals surface area contributed by atoms with Gasteiger partial charge in [0.2, 0.25) is 0 Å². The van der Waals surface area contributed by atoms with Crippen molar-refractivity contribution in [3.63, 3.8) is 0 Å². The fourth-order valence-electron chi connectivity index (χ4n) is 2.34. The minimum atomic E-state index is -0.372. The Morgan fingerprint density at radius 2 is 2.17 bits per heavy atom. The lowest BCUT2D eigenvalue weighted by atomic mass is 9.82. The number of amides is 1. The predicted molar refractivity (Wildman–Crippen MR) is 68.2 cm³/mol. The number of pyridine rings is 1. The Balaban J connectivity index is 1.94. The minimum absolute atomic E-state index is 0.0527. The average Bonchev–Trinajstić information content (AvgIpc) is 2.38. The van der Waals surface area contributed by atoms with Crippen LogP contribution in [0.4, 0.5) is 0 Å². The molecular weight excluding hydrogens is 230 g/mol. The summed E-state index contributed by atoms with van der Waals surface area (Å²) in [4.78, 5) is 15.7. The van der Waals surface area contributed by atoms with Crippen LogP contribution in [0.1, 0.15) is 42.6 Å². The zero-order valence-electron chi connectivity index (χ0n) is 10.4. The van der Waals surface area contributed by atoms with Gasteiger partial charge in [-0.05, 0) is 25.0 Å². The monoisotopic (exact) mass is 249 g/mol. The molecule has 0 aliphatic heterocycles. The molecule has 1 aromatic rings. The molecule has 1 aliphatic rings. The van der Waals surface area contributed by atoms with E-state index in [9.17, 15) is 9.90 Å². The fraction of sp³-hybridized carbons (Fsp3) is 0.538. The van der Waals surface area contributed by atoms with E-state index in [1.54, 1.807) is 6.07 Å². The molecule has 0 saturated heterocycles. The van der Waals surface area contributed by atoms with Crippen molar-refractivity contribution in [3.8, 4) is 5.75 Å². The Morgan fingerprint density at radius 3 is 2.83 bits per heavy atom. The molecule has 4 N–H and O–H groups in total. The molecule has 0 unspecified atom stereocenters. The van der Waals surface area contributed by atoms with Crippen molar-refractivity contribution in [3.05, 3.63) is 24.0 Å². The highest BCUT2D eigenvalue weighted by atomic mass is 16.3. The van der Waals surface area contributed by atoms with Crippen molar-refractivity contribution in [1.82, 2.24) is 10.3 Å². The standard InChI is InChI=1S/C13H19N3O2/c14-13(6-2-1-3-7-13)9-16-12(18)11-10(17)5-4-8-15-11/h4-5,8,17H,1-3,6-7,9,14H2,(H,16,18). The van der Waals surface area contributed by atoms with Gasteiger partial charge in [0.25, 0.3) is 5.91 Å². The van der Waals surface area contributed by atoms with Crippen LogP contribution >= 0.6 is 0 Å². The van der Waals surface area contributed by atoms with Gasteiger partial charge in [0.1, 0.15) is 5.75 Å². The summed E-state index contributed by atoms with van der Waals surface area (Å²) >= 11 is 0. The van der Waals surface area contributed by atoms with Gasteiger partial charge in [-0.2, -0.15) is 0 Å². The number of aromatic nitrogens is 1. The molecule has 1 fully saturated rings. The van der Waals surface area contributed by atoms with E-state index in [1.165, 1.54) is 18.7 Å². The molecule has 0 spiro atoms. The summed E-state index contributed by atoms with van der Waals surface area (Å²) in [6.45, 7) is 0.432. The van der Waals surface area contributed by atoms with Gasteiger partial charge in [-0.15, -0.1) is 0 Å². The molecule has 1 heterocycles. The van der Waals surface area contributed by atoms with Crippen LogP contribution in [0.15, 0.2) is 18.3 Å². The molecule has 1 aromatic heterocycles. The van der Waals surface area contributed by atoms with Gasteiger partial charge < -0.3 is 16.2 Å². The third-order valence-corrected chi connectivity index (χ3v) is 3.45. The lowest BCUT2D eigenvalue weighted by molar-refractivity contribution is 0.0929. The third-order valence-electron chi connectivity index (χ3n) is 3.45. The van der Waals surface area contributed by atoms with Crippen molar-refractivity contribution < 1.29 is 9.90 Å². The van der Waals surface area contributed by atoms with Crippen LogP contribution in [0.3, 0.4) is 0 Å². The smallest absolute Gasteiger partial charge is 0.273 e. The highest BCUT2D eigenvalue weighted by Crippen LogP contribution is 2.25. The lowest BCUT2D eigenvalue weighted by Gasteiger charge is -2.33. The van der Waals surface area contributed by atoms with Crippen molar-refractivity contribution in [2.75, 3.05) is 6.54 Å². The third kappa shape index (κ3) is 2.98. The maximum atomic E-state index is 11.9. The Morgan fingerprint density at radius 1 is 1.44 bits per heavy atom. The minimum Gasteiger partial charge on any atom is -0.505 e. The van der Waals surface area contributed by atoms with E-state index in [1.807, 2.05) is 0 Å². The lowest BCUT2D eigenvalue weighted by Crippen LogP contribution is -2.51. The molecule has 0 bridgehead atoms. The Kier molecular flexibility index (Phi) is 3.81. The largest absolute Gasteiger partial charge is 0.505 e. The van der Waals surface area contributed by atoms with E-state index in [-0.39, 0.29) is 22.9 Å². The summed E-state index contributed by atoms with van der Waals surface area (Å²) < 4.78 is 0. The van der Waals surface area contributed by atoms with Crippen LogP contribution < -0.4 is 11.1 Å². The number of nitrogens with zero attached hydrogens (tertiary/aromatic N) is 1. The number of carbonyl (C=O) groups excluding carboxylic acids is 1. The van der Waals surface area contributed by atoms with E-state index < -0.39 is 0 Å². The van der Waals surface area contributed by atoms with Crippen molar-refractivity contribution in [1.29, 1.82) is 0 Å². The highest BCUT2D eigenvalue weighted by molar-refractivity contribution is 5.94. The first kappa shape index (κ1) is 12.8. The summed E-state index contributed by atoms with van der Waals surface area (Å²) in [5, 5.41) is 12.3. The first-order valence-electron chi connectivity index (χ1n) is 6.32. The molecule has 0 atom stereocenters. The molecule has 1 amide bonds. The zero-order chi connectivity index (χ0) is 13.0. The molecule has 5 nitrogen and oxygen atoms in total. The molecule has 0 aromatic carbocycles. The number of aromatic hydroxyl groups is 1. The summed E-state index contributed by atoms with van der Waals surface area (Å²) in [5.74, 6) is -0.479. The molecule has 18 heavy (non-hydrogen) atoms. The van der Waals surface area contributed by atoms with Gasteiger partial charge in [-0.3, -0.25) is 4.79 Å². The SMILES string of the molecule is NC1(CNC(=O)c2ncccc2O)CCCCC1. The second-order valence-electron chi connectivity index (χ2n) is 4.98. The van der Waals surface area contributed by atoms with Gasteiger partial charge in [0.05, 0.1) is 0 Å². The molecule has 2 rings (SSSR count). The first-order valence-corrected chi connectivity index (χ1v) is 6.32. The fourth-order valence-corrected chi connectivity index (χ4v) is 2.34. The Hall–Kier alpha value is -1.62. The van der Waals surface area contributed by atoms with E-state index in [0.717, 1.165) is 25.7 Å². The van der Waals surface area contributed by atoms with E-state index in [0.29, 0.717) is 6.54 Å². The van der Waals surface area contributed by atoms with E-state index in [2.05, 4.69) is 10.3 Å². The summed E-state index contributed by atoms with van der Waals surface area (Å²) in [5.41, 5.74) is 5.97. The van der Waals surface area contributed by atoms with Crippen molar-refractivity contribution in [2.45, 2.75) is 37.6 Å². The molecule has 0 radical (unpaired) electrons. The normalized spacial score (nSPS) is 18.3. The molecule has 1 saturated carbocycles. The summed E-state index contributed by atoms with van der Waals surface area (Å²) in [7, 11) is 0. The number of nitrogens with two attached hydrogens (primary N) is 1. The predicted octanol–water partition coefficient (Wildman–Crippen LogP) is 1.18. The van der Waals surface area contributed by atoms with Crippen LogP contribution in [0.2, 0.25) is 0 Å². The molecule has 98 valence electrons. The first-order chi connectivity index (χ1) is 8.61. The number of rotatable bonds is 3. The van der Waals surface area contributed by atoms with Gasteiger partial charge in [-0.25, -0.2) is 4.98 Å².